The monoisotopic (exact) mass is 453 g/mol. The molecule has 29 heavy (non-hydrogen) atoms. The van der Waals surface area contributed by atoms with Crippen LogP contribution in [0.25, 0.3) is 10.2 Å². The van der Waals surface area contributed by atoms with Crippen LogP contribution in [0.5, 0.6) is 0 Å². The maximum absolute atomic E-state index is 13.7. The van der Waals surface area contributed by atoms with Gasteiger partial charge in [-0.2, -0.15) is 0 Å². The molecule has 156 valence electrons. The van der Waals surface area contributed by atoms with Gasteiger partial charge < -0.3 is 4.90 Å². The molecule has 0 N–H and O–H groups in total. The maximum atomic E-state index is 13.7. The predicted octanol–water partition coefficient (Wildman–Crippen LogP) is 5.57. The Hall–Kier alpha value is -1.67. The van der Waals surface area contributed by atoms with E-state index >= 15 is 0 Å². The number of likely N-dealkylation sites (N-methyl/N-ethyl adjacent to an activating group) is 1. The molecule has 0 radical (unpaired) electrons. The summed E-state index contributed by atoms with van der Waals surface area (Å²) in [4.78, 5) is 23.0. The fourth-order valence-electron chi connectivity index (χ4n) is 2.98. The molecule has 0 saturated carbocycles. The molecule has 0 saturated heterocycles. The van der Waals surface area contributed by atoms with Gasteiger partial charge in [0.05, 0.1) is 10.2 Å². The molecule has 0 aliphatic heterocycles. The molecule has 4 nitrogen and oxygen atoms in total. The highest BCUT2D eigenvalue weighted by Gasteiger charge is 2.22. The lowest BCUT2D eigenvalue weighted by atomic mass is 10.2. The number of hydrogen-bond donors (Lipinski definition) is 0. The predicted molar refractivity (Wildman–Crippen MR) is 125 cm³/mol. The lowest BCUT2D eigenvalue weighted by Gasteiger charge is -2.24. The van der Waals surface area contributed by atoms with Crippen molar-refractivity contribution in [2.24, 2.45) is 0 Å². The third-order valence-electron chi connectivity index (χ3n) is 4.67. The second-order valence-corrected chi connectivity index (χ2v) is 8.21. The summed E-state index contributed by atoms with van der Waals surface area (Å²) in [7, 11) is 0. The fraction of sp³-hybridized carbons (Fsp3) is 0.333. The molecule has 0 fully saturated rings. The van der Waals surface area contributed by atoms with Crippen molar-refractivity contribution in [1.82, 2.24) is 9.88 Å². The summed E-state index contributed by atoms with van der Waals surface area (Å²) in [6.45, 7) is 7.27. The van der Waals surface area contributed by atoms with E-state index in [9.17, 15) is 9.18 Å². The highest BCUT2D eigenvalue weighted by molar-refractivity contribution is 7.98. The lowest BCUT2D eigenvalue weighted by molar-refractivity contribution is 0.0983. The van der Waals surface area contributed by atoms with Crippen molar-refractivity contribution in [3.63, 3.8) is 0 Å². The van der Waals surface area contributed by atoms with E-state index in [2.05, 4.69) is 29.8 Å². The Morgan fingerprint density at radius 2 is 1.90 bits per heavy atom. The number of benzene rings is 2. The van der Waals surface area contributed by atoms with Crippen molar-refractivity contribution in [3.05, 3.63) is 53.8 Å². The molecule has 0 aliphatic rings. The van der Waals surface area contributed by atoms with Crippen LogP contribution in [0.3, 0.4) is 0 Å². The standard InChI is InChI=1S/C21H24FN3OS2.ClH/c1-4-24(5-2)11-12-25(20(26)15-7-6-8-16(22)13-15)21-23-18-10-9-17(27-3)14-19(18)28-21;/h6-10,13-14H,4-5,11-12H2,1-3H3;1H. The second-order valence-electron chi connectivity index (χ2n) is 6.32. The van der Waals surface area contributed by atoms with Crippen LogP contribution in [-0.2, 0) is 0 Å². The van der Waals surface area contributed by atoms with Crippen molar-refractivity contribution in [2.45, 2.75) is 18.7 Å². The van der Waals surface area contributed by atoms with Crippen molar-refractivity contribution >= 4 is 56.8 Å². The number of rotatable bonds is 8. The van der Waals surface area contributed by atoms with Crippen LogP contribution in [0.2, 0.25) is 0 Å². The molecular weight excluding hydrogens is 429 g/mol. The normalized spacial score (nSPS) is 10.9. The Morgan fingerprint density at radius 3 is 2.55 bits per heavy atom. The number of amides is 1. The van der Waals surface area contributed by atoms with Gasteiger partial charge in [-0.05, 0) is 55.7 Å². The first kappa shape index (κ1) is 23.6. The molecule has 1 heterocycles. The maximum Gasteiger partial charge on any atom is 0.260 e. The number of thiazole rings is 1. The minimum atomic E-state index is -0.413. The molecule has 0 unspecified atom stereocenters. The van der Waals surface area contributed by atoms with Gasteiger partial charge in [-0.3, -0.25) is 9.69 Å². The third-order valence-corrected chi connectivity index (χ3v) is 6.43. The number of carbonyl (C=O) groups excluding carboxylic acids is 1. The minimum absolute atomic E-state index is 0. The van der Waals surface area contributed by atoms with E-state index in [0.717, 1.165) is 34.7 Å². The summed E-state index contributed by atoms with van der Waals surface area (Å²) in [6.07, 6.45) is 2.03. The lowest BCUT2D eigenvalue weighted by Crippen LogP contribution is -2.38. The Labute approximate surface area is 185 Å². The first-order valence-electron chi connectivity index (χ1n) is 9.30. The number of thioether (sulfide) groups is 1. The molecule has 0 atom stereocenters. The number of carbonyl (C=O) groups is 1. The Balaban J connectivity index is 0.00000300. The van der Waals surface area contributed by atoms with E-state index in [0.29, 0.717) is 17.2 Å². The van der Waals surface area contributed by atoms with E-state index in [1.807, 2.05) is 18.4 Å². The molecule has 8 heteroatoms. The highest BCUT2D eigenvalue weighted by atomic mass is 35.5. The Kier molecular flexibility index (Phi) is 8.89. The number of aromatic nitrogens is 1. The molecule has 0 spiro atoms. The molecule has 3 rings (SSSR count). The van der Waals surface area contributed by atoms with Gasteiger partial charge in [-0.15, -0.1) is 24.2 Å². The van der Waals surface area contributed by atoms with Crippen molar-refractivity contribution in [2.75, 3.05) is 37.3 Å². The largest absolute Gasteiger partial charge is 0.302 e. The van der Waals surface area contributed by atoms with Gasteiger partial charge in [0.1, 0.15) is 5.82 Å². The van der Waals surface area contributed by atoms with Crippen LogP contribution in [-0.4, -0.2) is 48.2 Å². The van der Waals surface area contributed by atoms with Crippen molar-refractivity contribution in [1.29, 1.82) is 0 Å². The Morgan fingerprint density at radius 1 is 1.14 bits per heavy atom. The minimum Gasteiger partial charge on any atom is -0.302 e. The number of anilines is 1. The smallest absolute Gasteiger partial charge is 0.260 e. The molecule has 2 aromatic carbocycles. The van der Waals surface area contributed by atoms with Gasteiger partial charge in [0.15, 0.2) is 5.13 Å². The number of nitrogens with zero attached hydrogens (tertiary/aromatic N) is 3. The van der Waals surface area contributed by atoms with Crippen LogP contribution in [0.1, 0.15) is 24.2 Å². The molecule has 0 aliphatic carbocycles. The van der Waals surface area contributed by atoms with Crippen molar-refractivity contribution in [3.8, 4) is 0 Å². The van der Waals surface area contributed by atoms with Gasteiger partial charge >= 0.3 is 0 Å². The molecule has 1 aromatic heterocycles. The van der Waals surface area contributed by atoms with Crippen LogP contribution in [0.4, 0.5) is 9.52 Å². The zero-order valence-corrected chi connectivity index (χ0v) is 19.2. The quantitative estimate of drug-likeness (QED) is 0.418. The van der Waals surface area contributed by atoms with Gasteiger partial charge in [-0.25, -0.2) is 9.37 Å². The summed E-state index contributed by atoms with van der Waals surface area (Å²) in [5.74, 6) is -0.640. The third kappa shape index (κ3) is 5.69. The average molecular weight is 454 g/mol. The number of halogens is 2. The summed E-state index contributed by atoms with van der Waals surface area (Å²) in [5.41, 5.74) is 1.21. The first-order chi connectivity index (χ1) is 13.5. The number of fused-ring (bicyclic) bond motifs is 1. The highest BCUT2D eigenvalue weighted by Crippen LogP contribution is 2.32. The zero-order valence-electron chi connectivity index (χ0n) is 16.7. The summed E-state index contributed by atoms with van der Waals surface area (Å²) >= 11 is 3.17. The Bertz CT molecular complexity index is 962. The topological polar surface area (TPSA) is 36.4 Å². The van der Waals surface area contributed by atoms with Crippen LogP contribution in [0.15, 0.2) is 47.4 Å². The summed E-state index contributed by atoms with van der Waals surface area (Å²) in [6, 6.07) is 12.0. The SMILES string of the molecule is CCN(CC)CCN(C(=O)c1cccc(F)c1)c1nc2ccc(SC)cc2s1.Cl. The number of hydrogen-bond acceptors (Lipinski definition) is 5. The fourth-order valence-corrected chi connectivity index (χ4v) is 4.52. The summed E-state index contributed by atoms with van der Waals surface area (Å²) in [5, 5.41) is 0.648. The van der Waals surface area contributed by atoms with Crippen LogP contribution in [0, 0.1) is 5.82 Å². The van der Waals surface area contributed by atoms with Gasteiger partial charge in [0.25, 0.3) is 5.91 Å². The van der Waals surface area contributed by atoms with Gasteiger partial charge in [-0.1, -0.05) is 31.3 Å². The van der Waals surface area contributed by atoms with E-state index in [4.69, 9.17) is 0 Å². The second kappa shape index (κ2) is 10.9. The van der Waals surface area contributed by atoms with Crippen LogP contribution >= 0.6 is 35.5 Å². The van der Waals surface area contributed by atoms with E-state index in [1.54, 1.807) is 28.8 Å². The molecule has 1 amide bonds. The average Bonchev–Trinajstić information content (AvgIpc) is 3.13. The summed E-state index contributed by atoms with van der Waals surface area (Å²) < 4.78 is 14.7. The zero-order chi connectivity index (χ0) is 20.1. The van der Waals surface area contributed by atoms with Crippen molar-refractivity contribution < 1.29 is 9.18 Å². The van der Waals surface area contributed by atoms with Crippen LogP contribution < -0.4 is 4.90 Å². The van der Waals surface area contributed by atoms with E-state index in [1.165, 1.54) is 23.5 Å². The van der Waals surface area contributed by atoms with E-state index < -0.39 is 5.82 Å². The first-order valence-corrected chi connectivity index (χ1v) is 11.3. The molecular formula is C21H25ClFN3OS2. The van der Waals surface area contributed by atoms with E-state index in [-0.39, 0.29) is 18.3 Å². The van der Waals surface area contributed by atoms with Gasteiger partial charge in [0.2, 0.25) is 0 Å². The molecule has 0 bridgehead atoms. The molecule has 3 aromatic rings. The van der Waals surface area contributed by atoms with Gasteiger partial charge in [0, 0.05) is 23.5 Å².